The van der Waals surface area contributed by atoms with Crippen molar-refractivity contribution in [1.82, 2.24) is 10.2 Å². The van der Waals surface area contributed by atoms with E-state index >= 15 is 0 Å². The van der Waals surface area contributed by atoms with Crippen LogP contribution < -0.4 is 5.32 Å². The summed E-state index contributed by atoms with van der Waals surface area (Å²) in [4.78, 5) is 2.55. The van der Waals surface area contributed by atoms with Crippen LogP contribution in [0.4, 0.5) is 0 Å². The molecule has 2 aromatic rings. The van der Waals surface area contributed by atoms with Crippen molar-refractivity contribution in [2.45, 2.75) is 32.4 Å². The van der Waals surface area contributed by atoms with Crippen LogP contribution in [0.25, 0.3) is 11.3 Å². The second-order valence-electron chi connectivity index (χ2n) is 5.80. The van der Waals surface area contributed by atoms with Crippen molar-refractivity contribution in [2.75, 3.05) is 19.6 Å². The van der Waals surface area contributed by atoms with E-state index in [1.807, 2.05) is 36.4 Å². The van der Waals surface area contributed by atoms with Crippen LogP contribution in [-0.4, -0.2) is 30.6 Å². The van der Waals surface area contributed by atoms with Crippen LogP contribution in [0.5, 0.6) is 0 Å². The van der Waals surface area contributed by atoms with Gasteiger partial charge in [-0.15, -0.1) is 0 Å². The highest BCUT2D eigenvalue weighted by molar-refractivity contribution is 6.33. The van der Waals surface area contributed by atoms with E-state index in [1.54, 1.807) is 0 Å². The number of nitrogens with zero attached hydrogens (tertiary/aromatic N) is 1. The Bertz CT molecular complexity index is 611. The lowest BCUT2D eigenvalue weighted by Crippen LogP contribution is -2.37. The van der Waals surface area contributed by atoms with Crippen LogP contribution in [0.15, 0.2) is 40.8 Å². The van der Waals surface area contributed by atoms with Crippen LogP contribution in [0.3, 0.4) is 0 Å². The van der Waals surface area contributed by atoms with Crippen molar-refractivity contribution < 1.29 is 4.42 Å². The topological polar surface area (TPSA) is 28.4 Å². The normalized spacial score (nSPS) is 18.9. The molecule has 118 valence electrons. The van der Waals surface area contributed by atoms with Gasteiger partial charge < -0.3 is 9.73 Å². The van der Waals surface area contributed by atoms with Gasteiger partial charge >= 0.3 is 0 Å². The lowest BCUT2D eigenvalue weighted by atomic mass is 10.2. The van der Waals surface area contributed by atoms with Crippen LogP contribution in [-0.2, 0) is 6.54 Å². The molecule has 0 saturated carbocycles. The molecule has 4 heteroatoms. The summed E-state index contributed by atoms with van der Waals surface area (Å²) >= 11 is 6.21. The Balaban J connectivity index is 1.55. The maximum Gasteiger partial charge on any atom is 0.135 e. The number of halogens is 1. The molecule has 1 N–H and O–H groups in total. The Morgan fingerprint density at radius 3 is 2.95 bits per heavy atom. The van der Waals surface area contributed by atoms with Gasteiger partial charge in [0.25, 0.3) is 0 Å². The van der Waals surface area contributed by atoms with E-state index in [0.717, 1.165) is 41.7 Å². The van der Waals surface area contributed by atoms with E-state index in [9.17, 15) is 0 Å². The van der Waals surface area contributed by atoms with Crippen molar-refractivity contribution >= 4 is 11.6 Å². The lowest BCUT2D eigenvalue weighted by Gasteiger charge is -2.22. The molecule has 1 aliphatic heterocycles. The molecule has 1 fully saturated rings. The first kappa shape index (κ1) is 15.6. The summed E-state index contributed by atoms with van der Waals surface area (Å²) in [5, 5.41) is 4.24. The van der Waals surface area contributed by atoms with E-state index in [0.29, 0.717) is 6.04 Å². The van der Waals surface area contributed by atoms with E-state index in [-0.39, 0.29) is 0 Å². The molecule has 0 radical (unpaired) electrons. The fourth-order valence-corrected chi connectivity index (χ4v) is 3.41. The molecule has 1 aromatic heterocycles. The minimum absolute atomic E-state index is 0.669. The lowest BCUT2D eigenvalue weighted by molar-refractivity contribution is 0.258. The third-order valence-electron chi connectivity index (χ3n) is 4.39. The third-order valence-corrected chi connectivity index (χ3v) is 4.72. The van der Waals surface area contributed by atoms with E-state index in [2.05, 4.69) is 17.1 Å². The van der Waals surface area contributed by atoms with E-state index < -0.39 is 0 Å². The number of furan rings is 1. The van der Waals surface area contributed by atoms with Gasteiger partial charge in [0.15, 0.2) is 0 Å². The fourth-order valence-electron chi connectivity index (χ4n) is 3.18. The van der Waals surface area contributed by atoms with Gasteiger partial charge in [-0.05, 0) is 50.2 Å². The molecule has 0 bridgehead atoms. The van der Waals surface area contributed by atoms with Crippen molar-refractivity contribution in [3.63, 3.8) is 0 Å². The number of likely N-dealkylation sites (tertiary alicyclic amines) is 1. The number of likely N-dealkylation sites (N-methyl/N-ethyl adjacent to an activating group) is 1. The van der Waals surface area contributed by atoms with Gasteiger partial charge in [0.2, 0.25) is 0 Å². The molecule has 1 saturated heterocycles. The van der Waals surface area contributed by atoms with Crippen molar-refractivity contribution in [3.05, 3.63) is 47.2 Å². The Labute approximate surface area is 137 Å². The predicted octanol–water partition coefficient (Wildman–Crippen LogP) is 4.17. The SMILES string of the molecule is CCN1CCC[C@H]1CNCc1ccc(-c2ccccc2Cl)o1. The first-order chi connectivity index (χ1) is 10.8. The molecule has 1 aliphatic rings. The Hall–Kier alpha value is -1.29. The summed E-state index contributed by atoms with van der Waals surface area (Å²) in [6.07, 6.45) is 2.61. The largest absolute Gasteiger partial charge is 0.460 e. The van der Waals surface area contributed by atoms with Gasteiger partial charge in [0.05, 0.1) is 11.6 Å². The van der Waals surface area contributed by atoms with Crippen LogP contribution in [0, 0.1) is 0 Å². The summed E-state index contributed by atoms with van der Waals surface area (Å²) in [7, 11) is 0. The van der Waals surface area contributed by atoms with E-state index in [4.69, 9.17) is 16.0 Å². The van der Waals surface area contributed by atoms with Gasteiger partial charge in [-0.2, -0.15) is 0 Å². The van der Waals surface area contributed by atoms with Crippen LogP contribution >= 0.6 is 11.6 Å². The third kappa shape index (κ3) is 3.54. The number of hydrogen-bond acceptors (Lipinski definition) is 3. The number of hydrogen-bond donors (Lipinski definition) is 1. The zero-order chi connectivity index (χ0) is 15.4. The Morgan fingerprint density at radius 1 is 1.27 bits per heavy atom. The van der Waals surface area contributed by atoms with Crippen molar-refractivity contribution in [3.8, 4) is 11.3 Å². The molecular weight excluding hydrogens is 296 g/mol. The molecule has 22 heavy (non-hydrogen) atoms. The highest BCUT2D eigenvalue weighted by Crippen LogP contribution is 2.29. The molecule has 2 heterocycles. The van der Waals surface area contributed by atoms with Gasteiger partial charge in [-0.3, -0.25) is 4.90 Å². The van der Waals surface area contributed by atoms with Crippen molar-refractivity contribution in [1.29, 1.82) is 0 Å². The molecule has 1 aromatic carbocycles. The summed E-state index contributed by atoms with van der Waals surface area (Å²) in [5.41, 5.74) is 0.948. The fraction of sp³-hybridized carbons (Fsp3) is 0.444. The Morgan fingerprint density at radius 2 is 2.14 bits per heavy atom. The van der Waals surface area contributed by atoms with Crippen molar-refractivity contribution in [2.24, 2.45) is 0 Å². The molecular formula is C18H23ClN2O. The molecule has 0 spiro atoms. The van der Waals surface area contributed by atoms with Crippen LogP contribution in [0.2, 0.25) is 5.02 Å². The highest BCUT2D eigenvalue weighted by atomic mass is 35.5. The standard InChI is InChI=1S/C18H23ClN2O/c1-2-21-11-5-6-14(21)12-20-13-15-9-10-18(22-15)16-7-3-4-8-17(16)19/h3-4,7-10,14,20H,2,5-6,11-13H2,1H3/t14-/m0/s1. The zero-order valence-electron chi connectivity index (χ0n) is 13.0. The molecule has 0 amide bonds. The summed E-state index contributed by atoms with van der Waals surface area (Å²) in [6.45, 7) is 6.40. The second-order valence-corrected chi connectivity index (χ2v) is 6.21. The molecule has 3 nitrogen and oxygen atoms in total. The quantitative estimate of drug-likeness (QED) is 0.866. The van der Waals surface area contributed by atoms with E-state index in [1.165, 1.54) is 19.4 Å². The number of benzene rings is 1. The highest BCUT2D eigenvalue weighted by Gasteiger charge is 2.22. The number of nitrogens with one attached hydrogen (secondary N) is 1. The average Bonchev–Trinajstić information content (AvgIpc) is 3.17. The smallest absolute Gasteiger partial charge is 0.135 e. The maximum atomic E-state index is 6.21. The predicted molar refractivity (Wildman–Crippen MR) is 91.1 cm³/mol. The second kappa shape index (κ2) is 7.32. The van der Waals surface area contributed by atoms with Gasteiger partial charge in [0.1, 0.15) is 11.5 Å². The first-order valence-electron chi connectivity index (χ1n) is 8.06. The average molecular weight is 319 g/mol. The van der Waals surface area contributed by atoms with Gasteiger partial charge in [0, 0.05) is 18.2 Å². The summed E-state index contributed by atoms with van der Waals surface area (Å²) in [5.74, 6) is 1.79. The minimum Gasteiger partial charge on any atom is -0.460 e. The molecule has 3 rings (SSSR count). The molecule has 1 atom stereocenters. The minimum atomic E-state index is 0.669. The molecule has 0 unspecified atom stereocenters. The number of rotatable bonds is 6. The summed E-state index contributed by atoms with van der Waals surface area (Å²) < 4.78 is 5.91. The Kier molecular flexibility index (Phi) is 5.19. The summed E-state index contributed by atoms with van der Waals surface area (Å²) in [6, 6.07) is 12.5. The first-order valence-corrected chi connectivity index (χ1v) is 8.44. The maximum absolute atomic E-state index is 6.21. The monoisotopic (exact) mass is 318 g/mol. The van der Waals surface area contributed by atoms with Crippen LogP contribution in [0.1, 0.15) is 25.5 Å². The van der Waals surface area contributed by atoms with Gasteiger partial charge in [-0.25, -0.2) is 0 Å². The zero-order valence-corrected chi connectivity index (χ0v) is 13.8. The van der Waals surface area contributed by atoms with Gasteiger partial charge in [-0.1, -0.05) is 30.7 Å². The molecule has 0 aliphatic carbocycles.